The molecule has 0 spiro atoms. The SMILES string of the molecule is O=S(=O)(C[n+]1sc(Nc2ccc(Cl)cc2Cl)nc1-c1ccccc1)c1ccccc1.[Br-]. The van der Waals surface area contributed by atoms with E-state index < -0.39 is 9.84 Å². The number of hydrogen-bond donors (Lipinski definition) is 1. The van der Waals surface area contributed by atoms with Crippen LogP contribution in [0, 0.1) is 0 Å². The Morgan fingerprint density at radius 2 is 1.58 bits per heavy atom. The number of nitrogens with one attached hydrogen (secondary N) is 1. The highest BCUT2D eigenvalue weighted by atomic mass is 79.9. The summed E-state index contributed by atoms with van der Waals surface area (Å²) in [5.41, 5.74) is 1.44. The van der Waals surface area contributed by atoms with Crippen molar-refractivity contribution in [1.82, 2.24) is 4.98 Å². The van der Waals surface area contributed by atoms with Crippen molar-refractivity contribution in [1.29, 1.82) is 0 Å². The minimum absolute atomic E-state index is 0. The van der Waals surface area contributed by atoms with Crippen LogP contribution in [0.5, 0.6) is 0 Å². The van der Waals surface area contributed by atoms with Gasteiger partial charge in [-0.2, -0.15) is 3.96 Å². The Kier molecular flexibility index (Phi) is 7.72. The van der Waals surface area contributed by atoms with Crippen LogP contribution >= 0.6 is 34.7 Å². The molecule has 31 heavy (non-hydrogen) atoms. The van der Waals surface area contributed by atoms with Crippen LogP contribution in [0.3, 0.4) is 0 Å². The minimum Gasteiger partial charge on any atom is -1.00 e. The number of anilines is 2. The number of halogens is 3. The average Bonchev–Trinajstić information content (AvgIpc) is 3.13. The lowest BCUT2D eigenvalue weighted by atomic mass is 10.2. The third kappa shape index (κ3) is 5.64. The molecule has 0 amide bonds. The van der Waals surface area contributed by atoms with Gasteiger partial charge in [-0.15, -0.1) is 0 Å². The molecular weight excluding hydrogens is 541 g/mol. The summed E-state index contributed by atoms with van der Waals surface area (Å²) in [6.45, 7) is 0. The molecule has 1 N–H and O–H groups in total. The third-order valence-corrected chi connectivity index (χ3v) is 7.42. The van der Waals surface area contributed by atoms with Crippen molar-refractivity contribution in [2.75, 3.05) is 5.32 Å². The second-order valence-electron chi connectivity index (χ2n) is 6.38. The van der Waals surface area contributed by atoms with Crippen LogP contribution in [0.4, 0.5) is 10.8 Å². The highest BCUT2D eigenvalue weighted by Crippen LogP contribution is 2.30. The summed E-state index contributed by atoms with van der Waals surface area (Å²) in [7, 11) is -3.56. The smallest absolute Gasteiger partial charge is 0.346 e. The lowest BCUT2D eigenvalue weighted by molar-refractivity contribution is -0.597. The molecule has 0 saturated heterocycles. The van der Waals surface area contributed by atoms with Gasteiger partial charge in [0.05, 0.1) is 21.2 Å². The van der Waals surface area contributed by atoms with Crippen molar-refractivity contribution in [2.45, 2.75) is 10.8 Å². The number of benzene rings is 3. The Bertz CT molecular complexity index is 1280. The van der Waals surface area contributed by atoms with Gasteiger partial charge in [-0.25, -0.2) is 8.42 Å². The van der Waals surface area contributed by atoms with Gasteiger partial charge in [0, 0.05) is 5.02 Å². The molecule has 1 aromatic heterocycles. The van der Waals surface area contributed by atoms with Crippen molar-refractivity contribution in [3.63, 3.8) is 0 Å². The Labute approximate surface area is 205 Å². The summed E-state index contributed by atoms with van der Waals surface area (Å²) in [6.07, 6.45) is 0. The van der Waals surface area contributed by atoms with Crippen LogP contribution in [0.25, 0.3) is 11.4 Å². The van der Waals surface area contributed by atoms with Crippen LogP contribution in [-0.2, 0) is 15.7 Å². The van der Waals surface area contributed by atoms with Crippen LogP contribution in [0.1, 0.15) is 0 Å². The second kappa shape index (κ2) is 10.1. The molecule has 4 aromatic rings. The van der Waals surface area contributed by atoms with Crippen molar-refractivity contribution >= 4 is 55.4 Å². The van der Waals surface area contributed by atoms with Gasteiger partial charge in [0.1, 0.15) is 11.5 Å². The largest absolute Gasteiger partial charge is 1.00 e. The van der Waals surface area contributed by atoms with Gasteiger partial charge in [0.2, 0.25) is 15.7 Å². The molecular formula is C21H16BrCl2N3O2S2. The molecule has 0 saturated carbocycles. The van der Waals surface area contributed by atoms with Crippen LogP contribution in [-0.4, -0.2) is 13.4 Å². The predicted octanol–water partition coefficient (Wildman–Crippen LogP) is 2.58. The number of aromatic nitrogens is 2. The first-order valence-electron chi connectivity index (χ1n) is 8.89. The van der Waals surface area contributed by atoms with E-state index in [1.165, 1.54) is 11.5 Å². The van der Waals surface area contributed by atoms with Crippen molar-refractivity contribution in [3.05, 3.63) is 88.9 Å². The molecule has 10 heteroatoms. The molecule has 1 heterocycles. The van der Waals surface area contributed by atoms with E-state index in [-0.39, 0.29) is 27.8 Å². The molecule has 5 nitrogen and oxygen atoms in total. The van der Waals surface area contributed by atoms with Crippen LogP contribution in [0.2, 0.25) is 10.0 Å². The summed E-state index contributed by atoms with van der Waals surface area (Å²) in [6, 6.07) is 22.9. The van der Waals surface area contributed by atoms with Gasteiger partial charge in [-0.1, -0.05) is 59.6 Å². The van der Waals surface area contributed by atoms with E-state index in [4.69, 9.17) is 23.2 Å². The van der Waals surface area contributed by atoms with Gasteiger partial charge in [0.15, 0.2) is 0 Å². The van der Waals surface area contributed by atoms with E-state index in [1.54, 1.807) is 52.5 Å². The Morgan fingerprint density at radius 3 is 2.23 bits per heavy atom. The molecule has 0 atom stereocenters. The zero-order valence-electron chi connectivity index (χ0n) is 15.9. The van der Waals surface area contributed by atoms with Crippen molar-refractivity contribution in [2.24, 2.45) is 0 Å². The van der Waals surface area contributed by atoms with Crippen LogP contribution in [0.15, 0.2) is 83.8 Å². The number of nitrogens with zero attached hydrogens (tertiary/aromatic N) is 2. The summed E-state index contributed by atoms with van der Waals surface area (Å²) >= 11 is 13.4. The van der Waals surface area contributed by atoms with Gasteiger partial charge in [0.25, 0.3) is 0 Å². The highest BCUT2D eigenvalue weighted by molar-refractivity contribution is 7.90. The molecule has 0 radical (unpaired) electrons. The van der Waals surface area contributed by atoms with Crippen molar-refractivity contribution in [3.8, 4) is 11.4 Å². The van der Waals surface area contributed by atoms with E-state index in [2.05, 4.69) is 10.3 Å². The van der Waals surface area contributed by atoms with Crippen molar-refractivity contribution < 1.29 is 29.4 Å². The molecule has 0 aliphatic carbocycles. The first kappa shape index (κ1) is 23.7. The Morgan fingerprint density at radius 1 is 0.935 bits per heavy atom. The normalized spacial score (nSPS) is 11.0. The third-order valence-electron chi connectivity index (χ3n) is 4.23. The van der Waals surface area contributed by atoms with Gasteiger partial charge < -0.3 is 22.3 Å². The number of hydrogen-bond acceptors (Lipinski definition) is 5. The van der Waals surface area contributed by atoms with E-state index in [0.717, 1.165) is 5.56 Å². The van der Waals surface area contributed by atoms with E-state index in [9.17, 15) is 8.42 Å². The molecule has 3 aromatic carbocycles. The fourth-order valence-corrected chi connectivity index (χ4v) is 5.78. The maximum absolute atomic E-state index is 12.9. The minimum atomic E-state index is -3.56. The number of sulfone groups is 1. The quantitative estimate of drug-likeness (QED) is 0.371. The summed E-state index contributed by atoms with van der Waals surface area (Å²) < 4.78 is 27.5. The lowest BCUT2D eigenvalue weighted by Gasteiger charge is -2.02. The lowest BCUT2D eigenvalue weighted by Crippen LogP contribution is -3.00. The monoisotopic (exact) mass is 555 g/mol. The summed E-state index contributed by atoms with van der Waals surface area (Å²) in [5.74, 6) is 0.322. The molecule has 160 valence electrons. The van der Waals surface area contributed by atoms with E-state index in [0.29, 0.717) is 26.7 Å². The zero-order chi connectivity index (χ0) is 21.1. The molecule has 0 aliphatic rings. The average molecular weight is 557 g/mol. The summed E-state index contributed by atoms with van der Waals surface area (Å²) in [4.78, 5) is 4.90. The van der Waals surface area contributed by atoms with Gasteiger partial charge in [-0.05, 0) is 47.4 Å². The van der Waals surface area contributed by atoms with Gasteiger partial charge >= 0.3 is 11.0 Å². The summed E-state index contributed by atoms with van der Waals surface area (Å²) in [5, 5.41) is 4.65. The second-order valence-corrected chi connectivity index (χ2v) is 10.2. The highest BCUT2D eigenvalue weighted by Gasteiger charge is 2.28. The molecule has 0 aliphatic heterocycles. The first-order valence-corrected chi connectivity index (χ1v) is 12.1. The van der Waals surface area contributed by atoms with Crippen LogP contribution < -0.4 is 26.3 Å². The predicted molar refractivity (Wildman–Crippen MR) is 121 cm³/mol. The van der Waals surface area contributed by atoms with E-state index >= 15 is 0 Å². The fourth-order valence-electron chi connectivity index (χ4n) is 2.82. The van der Waals surface area contributed by atoms with Gasteiger partial charge in [-0.3, -0.25) is 0 Å². The standard InChI is InChI=1S/C21H15Cl2N3O2S2.BrH/c22-16-11-12-19(18(23)13-16)24-21-25-20(15-7-3-1-4-8-15)26(29-21)14-30(27,28)17-9-5-2-6-10-17;/h1-13H,14H2;1H. The number of rotatable bonds is 6. The Balaban J connectivity index is 0.00000272. The first-order chi connectivity index (χ1) is 14.4. The maximum atomic E-state index is 12.9. The molecule has 4 rings (SSSR count). The Hall–Kier alpha value is -1.97. The molecule has 0 unspecified atom stereocenters. The fraction of sp³-hybridized carbons (Fsp3) is 0.0476. The zero-order valence-corrected chi connectivity index (χ0v) is 20.6. The molecule has 0 fully saturated rings. The maximum Gasteiger partial charge on any atom is 0.346 e. The molecule has 0 bridgehead atoms. The van der Waals surface area contributed by atoms with E-state index in [1.807, 2.05) is 30.3 Å². The topological polar surface area (TPSA) is 62.9 Å².